The Labute approximate surface area is 171 Å². The Morgan fingerprint density at radius 3 is 2.70 bits per heavy atom. The maximum absolute atomic E-state index is 12.5. The minimum Gasteiger partial charge on any atom is -0.354 e. The molecule has 152 valence electrons. The summed E-state index contributed by atoms with van der Waals surface area (Å²) in [6, 6.07) is 12.7. The highest BCUT2D eigenvalue weighted by atomic mass is 16.2. The van der Waals surface area contributed by atoms with Crippen LogP contribution in [0.15, 0.2) is 59.7 Å². The predicted molar refractivity (Wildman–Crippen MR) is 110 cm³/mol. The fraction of sp³-hybridized carbons (Fsp3) is 0.190. The number of hydrogen-bond donors (Lipinski definition) is 3. The average molecular weight is 405 g/mol. The van der Waals surface area contributed by atoms with Gasteiger partial charge in [-0.05, 0) is 24.3 Å². The fourth-order valence-corrected chi connectivity index (χ4v) is 3.29. The lowest BCUT2D eigenvalue weighted by Gasteiger charge is -2.14. The molecule has 9 heteroatoms. The Hall–Kier alpha value is -4.01. The van der Waals surface area contributed by atoms with Crippen molar-refractivity contribution < 1.29 is 14.4 Å². The summed E-state index contributed by atoms with van der Waals surface area (Å²) < 4.78 is 1.42. The number of fused-ring (bicyclic) bond motifs is 2. The molecular weight excluding hydrogens is 386 g/mol. The van der Waals surface area contributed by atoms with Gasteiger partial charge in [0, 0.05) is 13.1 Å². The lowest BCUT2D eigenvalue weighted by Crippen LogP contribution is -2.45. The highest BCUT2D eigenvalue weighted by Crippen LogP contribution is 2.18. The summed E-state index contributed by atoms with van der Waals surface area (Å²) in [4.78, 5) is 53.6. The number of nitrogens with zero attached hydrogens (tertiary/aromatic N) is 2. The van der Waals surface area contributed by atoms with E-state index in [4.69, 9.17) is 0 Å². The average Bonchev–Trinajstić information content (AvgIpc) is 2.86. The molecule has 9 nitrogen and oxygen atoms in total. The quantitative estimate of drug-likeness (QED) is 0.575. The molecule has 0 saturated heterocycles. The van der Waals surface area contributed by atoms with Crippen molar-refractivity contribution in [1.82, 2.24) is 20.2 Å². The van der Waals surface area contributed by atoms with E-state index >= 15 is 0 Å². The second-order valence-electron chi connectivity index (χ2n) is 6.88. The molecule has 30 heavy (non-hydrogen) atoms. The standard InChI is InChI=1S/C21H19N5O4/c27-18(11-17-20(29)24-16-8-4-1-5-13(16)19(28)25-17)22-9-10-26-12-23-15-7-3-2-6-14(15)21(26)30/h1-8,12,17H,9-11H2,(H,22,27)(H,24,29)(H,25,28)/t17-/m1/s1. The number of carbonyl (C=O) groups is 3. The third-order valence-electron chi connectivity index (χ3n) is 4.85. The van der Waals surface area contributed by atoms with E-state index in [0.717, 1.165) is 0 Å². The van der Waals surface area contributed by atoms with Crippen molar-refractivity contribution in [2.45, 2.75) is 19.0 Å². The van der Waals surface area contributed by atoms with Crippen LogP contribution in [-0.2, 0) is 16.1 Å². The van der Waals surface area contributed by atoms with E-state index in [2.05, 4.69) is 20.9 Å². The van der Waals surface area contributed by atoms with Gasteiger partial charge in [-0.25, -0.2) is 4.98 Å². The number of hydrogen-bond acceptors (Lipinski definition) is 5. The summed E-state index contributed by atoms with van der Waals surface area (Å²) >= 11 is 0. The summed E-state index contributed by atoms with van der Waals surface area (Å²) in [6.45, 7) is 0.415. The number of aromatic nitrogens is 2. The number of anilines is 1. The number of nitrogens with one attached hydrogen (secondary N) is 3. The first kappa shape index (κ1) is 19.3. The summed E-state index contributed by atoms with van der Waals surface area (Å²) in [5, 5.41) is 8.41. The largest absolute Gasteiger partial charge is 0.354 e. The van der Waals surface area contributed by atoms with Gasteiger partial charge in [-0.15, -0.1) is 0 Å². The molecule has 1 aliphatic rings. The topological polar surface area (TPSA) is 122 Å². The maximum Gasteiger partial charge on any atom is 0.261 e. The molecule has 3 aromatic rings. The third kappa shape index (κ3) is 3.90. The van der Waals surface area contributed by atoms with Gasteiger partial charge < -0.3 is 16.0 Å². The summed E-state index contributed by atoms with van der Waals surface area (Å²) in [5.41, 5.74) is 1.17. The van der Waals surface area contributed by atoms with Gasteiger partial charge in [0.1, 0.15) is 6.04 Å². The van der Waals surface area contributed by atoms with Crippen molar-refractivity contribution in [2.24, 2.45) is 0 Å². The SMILES string of the molecule is O=C(C[C@H]1NC(=O)c2ccccc2NC1=O)NCCn1cnc2ccccc2c1=O. The smallest absolute Gasteiger partial charge is 0.261 e. The Bertz CT molecular complexity index is 1200. The van der Waals surface area contributed by atoms with Gasteiger partial charge in [0.2, 0.25) is 11.8 Å². The van der Waals surface area contributed by atoms with Crippen LogP contribution in [0.1, 0.15) is 16.8 Å². The number of para-hydroxylation sites is 2. The summed E-state index contributed by atoms with van der Waals surface area (Å²) in [5.74, 6) is -1.29. The van der Waals surface area contributed by atoms with E-state index in [1.165, 1.54) is 10.9 Å². The van der Waals surface area contributed by atoms with Crippen molar-refractivity contribution in [2.75, 3.05) is 11.9 Å². The van der Waals surface area contributed by atoms with E-state index in [1.807, 2.05) is 0 Å². The van der Waals surface area contributed by atoms with Crippen LogP contribution < -0.4 is 21.5 Å². The van der Waals surface area contributed by atoms with Gasteiger partial charge in [0.25, 0.3) is 11.5 Å². The molecule has 2 aromatic carbocycles. The molecule has 4 rings (SSSR count). The second kappa shape index (κ2) is 8.16. The number of rotatable bonds is 5. The molecule has 2 heterocycles. The maximum atomic E-state index is 12.5. The van der Waals surface area contributed by atoms with Crippen LogP contribution in [0.3, 0.4) is 0 Å². The molecule has 3 N–H and O–H groups in total. The molecule has 1 aliphatic heterocycles. The fourth-order valence-electron chi connectivity index (χ4n) is 3.29. The summed E-state index contributed by atoms with van der Waals surface area (Å²) in [6.07, 6.45) is 1.23. The van der Waals surface area contributed by atoms with E-state index < -0.39 is 23.8 Å². The van der Waals surface area contributed by atoms with E-state index in [-0.39, 0.29) is 25.1 Å². The van der Waals surface area contributed by atoms with E-state index in [0.29, 0.717) is 22.2 Å². The minimum atomic E-state index is -0.991. The molecule has 0 bridgehead atoms. The van der Waals surface area contributed by atoms with Gasteiger partial charge in [-0.1, -0.05) is 24.3 Å². The van der Waals surface area contributed by atoms with Crippen molar-refractivity contribution in [3.8, 4) is 0 Å². The van der Waals surface area contributed by atoms with E-state index in [9.17, 15) is 19.2 Å². The van der Waals surface area contributed by atoms with Crippen molar-refractivity contribution in [3.63, 3.8) is 0 Å². The van der Waals surface area contributed by atoms with Crippen LogP contribution in [-0.4, -0.2) is 39.9 Å². The van der Waals surface area contributed by atoms with Crippen LogP contribution in [0.4, 0.5) is 5.69 Å². The van der Waals surface area contributed by atoms with Gasteiger partial charge in [0.05, 0.1) is 34.9 Å². The van der Waals surface area contributed by atoms with Gasteiger partial charge in [-0.2, -0.15) is 0 Å². The van der Waals surface area contributed by atoms with Crippen LogP contribution in [0.25, 0.3) is 10.9 Å². The molecule has 0 aliphatic carbocycles. The third-order valence-corrected chi connectivity index (χ3v) is 4.85. The Morgan fingerprint density at radius 2 is 1.83 bits per heavy atom. The zero-order chi connectivity index (χ0) is 21.1. The highest BCUT2D eigenvalue weighted by molar-refractivity contribution is 6.10. The van der Waals surface area contributed by atoms with Crippen molar-refractivity contribution in [1.29, 1.82) is 0 Å². The number of amides is 3. The lowest BCUT2D eigenvalue weighted by molar-refractivity contribution is -0.125. The predicted octanol–water partition coefficient (Wildman–Crippen LogP) is 0.653. The monoisotopic (exact) mass is 405 g/mol. The highest BCUT2D eigenvalue weighted by Gasteiger charge is 2.29. The first-order chi connectivity index (χ1) is 14.5. The molecule has 0 fully saturated rings. The first-order valence-electron chi connectivity index (χ1n) is 9.44. The molecule has 0 unspecified atom stereocenters. The Morgan fingerprint density at radius 1 is 1.07 bits per heavy atom. The zero-order valence-corrected chi connectivity index (χ0v) is 15.9. The van der Waals surface area contributed by atoms with Crippen molar-refractivity contribution >= 4 is 34.3 Å². The molecule has 0 spiro atoms. The number of carbonyl (C=O) groups excluding carboxylic acids is 3. The van der Waals surface area contributed by atoms with Crippen molar-refractivity contribution in [3.05, 3.63) is 70.8 Å². The number of benzene rings is 2. The molecule has 0 radical (unpaired) electrons. The van der Waals surface area contributed by atoms with Gasteiger partial charge >= 0.3 is 0 Å². The molecule has 0 saturated carbocycles. The van der Waals surface area contributed by atoms with Gasteiger partial charge in [0.15, 0.2) is 0 Å². The molecule has 3 amide bonds. The van der Waals surface area contributed by atoms with Crippen LogP contribution >= 0.6 is 0 Å². The van der Waals surface area contributed by atoms with Crippen LogP contribution in [0.2, 0.25) is 0 Å². The molecular formula is C21H19N5O4. The zero-order valence-electron chi connectivity index (χ0n) is 15.9. The van der Waals surface area contributed by atoms with Gasteiger partial charge in [-0.3, -0.25) is 23.7 Å². The normalized spacial score (nSPS) is 15.7. The Kier molecular flexibility index (Phi) is 5.25. The Balaban J connectivity index is 1.35. The first-order valence-corrected chi connectivity index (χ1v) is 9.44. The second-order valence-corrected chi connectivity index (χ2v) is 6.88. The lowest BCUT2D eigenvalue weighted by atomic mass is 10.1. The van der Waals surface area contributed by atoms with Crippen LogP contribution in [0, 0.1) is 0 Å². The molecule has 1 atom stereocenters. The van der Waals surface area contributed by atoms with E-state index in [1.54, 1.807) is 48.5 Å². The minimum absolute atomic E-state index is 0.182. The van der Waals surface area contributed by atoms with Crippen LogP contribution in [0.5, 0.6) is 0 Å². The summed E-state index contributed by atoms with van der Waals surface area (Å²) in [7, 11) is 0. The molecule has 1 aromatic heterocycles.